The molecule has 2 aromatic carbocycles. The average molecular weight is 352 g/mol. The van der Waals surface area contributed by atoms with Crippen molar-refractivity contribution >= 4 is 28.8 Å². The number of azo groups is 1. The standard InChI is InChI=1S/C15H9ClF3N5/c16-11-3-7-13(8-4-11)22-24-14(9-20)23-21-12-5-1-10(2-6-12)15(17,18)19/h1-8,21H. The minimum Gasteiger partial charge on any atom is -0.276 e. The number of amidine groups is 1. The normalized spacial score (nSPS) is 12.2. The maximum Gasteiger partial charge on any atom is 0.416 e. The van der Waals surface area contributed by atoms with Crippen LogP contribution in [0.2, 0.25) is 5.02 Å². The van der Waals surface area contributed by atoms with Crippen LogP contribution in [0.25, 0.3) is 0 Å². The molecule has 5 nitrogen and oxygen atoms in total. The number of nitriles is 1. The molecule has 0 aliphatic carbocycles. The molecule has 0 heterocycles. The van der Waals surface area contributed by atoms with Crippen molar-refractivity contribution in [3.63, 3.8) is 0 Å². The fourth-order valence-electron chi connectivity index (χ4n) is 1.53. The van der Waals surface area contributed by atoms with Gasteiger partial charge < -0.3 is 0 Å². The Morgan fingerprint density at radius 2 is 1.67 bits per heavy atom. The van der Waals surface area contributed by atoms with Crippen molar-refractivity contribution in [2.24, 2.45) is 15.3 Å². The molecule has 2 aromatic rings. The lowest BCUT2D eigenvalue weighted by Crippen LogP contribution is -2.04. The molecule has 0 unspecified atom stereocenters. The van der Waals surface area contributed by atoms with E-state index in [1.54, 1.807) is 30.3 Å². The van der Waals surface area contributed by atoms with Gasteiger partial charge in [-0.1, -0.05) is 11.6 Å². The van der Waals surface area contributed by atoms with E-state index in [-0.39, 0.29) is 11.5 Å². The van der Waals surface area contributed by atoms with Gasteiger partial charge in [0.2, 0.25) is 0 Å². The summed E-state index contributed by atoms with van der Waals surface area (Å²) in [7, 11) is 0. The first-order valence-corrected chi connectivity index (χ1v) is 6.84. The van der Waals surface area contributed by atoms with Crippen LogP contribution in [0.1, 0.15) is 5.56 Å². The van der Waals surface area contributed by atoms with Crippen molar-refractivity contribution in [2.75, 3.05) is 5.43 Å². The van der Waals surface area contributed by atoms with E-state index in [0.29, 0.717) is 10.7 Å². The summed E-state index contributed by atoms with van der Waals surface area (Å²) in [6, 6.07) is 12.3. The first kappa shape index (κ1) is 17.4. The Balaban J connectivity index is 2.05. The summed E-state index contributed by atoms with van der Waals surface area (Å²) < 4.78 is 37.3. The van der Waals surface area contributed by atoms with Crippen molar-refractivity contribution in [3.05, 3.63) is 59.1 Å². The van der Waals surface area contributed by atoms with E-state index in [4.69, 9.17) is 16.9 Å². The van der Waals surface area contributed by atoms with Crippen LogP contribution in [-0.4, -0.2) is 5.84 Å². The summed E-state index contributed by atoms with van der Waals surface area (Å²) in [5.41, 5.74) is 2.41. The Kier molecular flexibility index (Phi) is 5.50. The third-order valence-electron chi connectivity index (χ3n) is 2.69. The number of hydrazone groups is 1. The lowest BCUT2D eigenvalue weighted by atomic mass is 10.2. The molecule has 2 rings (SSSR count). The minimum atomic E-state index is -4.41. The second-order valence-electron chi connectivity index (χ2n) is 4.41. The monoisotopic (exact) mass is 351 g/mol. The van der Waals surface area contributed by atoms with Crippen LogP contribution < -0.4 is 5.43 Å². The van der Waals surface area contributed by atoms with Crippen LogP contribution in [0.5, 0.6) is 0 Å². The van der Waals surface area contributed by atoms with Crippen LogP contribution in [0.15, 0.2) is 63.9 Å². The molecular formula is C15H9ClF3N5. The van der Waals surface area contributed by atoms with Crippen molar-refractivity contribution in [2.45, 2.75) is 6.18 Å². The van der Waals surface area contributed by atoms with Gasteiger partial charge in [0.25, 0.3) is 5.84 Å². The predicted molar refractivity (Wildman–Crippen MR) is 84.1 cm³/mol. The van der Waals surface area contributed by atoms with Gasteiger partial charge in [0.1, 0.15) is 6.07 Å². The maximum atomic E-state index is 12.4. The van der Waals surface area contributed by atoms with Crippen LogP contribution in [0.4, 0.5) is 24.5 Å². The number of rotatable bonds is 3. The first-order chi connectivity index (χ1) is 11.4. The van der Waals surface area contributed by atoms with E-state index in [0.717, 1.165) is 12.1 Å². The molecule has 0 aliphatic heterocycles. The van der Waals surface area contributed by atoms with Gasteiger partial charge >= 0.3 is 6.18 Å². The van der Waals surface area contributed by atoms with Gasteiger partial charge in [0.15, 0.2) is 0 Å². The van der Waals surface area contributed by atoms with E-state index in [1.807, 2.05) is 0 Å². The molecule has 0 spiro atoms. The highest BCUT2D eigenvalue weighted by Crippen LogP contribution is 2.29. The lowest BCUT2D eigenvalue weighted by Gasteiger charge is -2.06. The second-order valence-corrected chi connectivity index (χ2v) is 4.85. The first-order valence-electron chi connectivity index (χ1n) is 6.47. The highest BCUT2D eigenvalue weighted by Gasteiger charge is 2.29. The molecule has 0 amide bonds. The second kappa shape index (κ2) is 7.57. The number of anilines is 1. The number of hydrogen-bond donors (Lipinski definition) is 1. The van der Waals surface area contributed by atoms with Gasteiger partial charge in [-0.3, -0.25) is 5.43 Å². The molecule has 122 valence electrons. The Morgan fingerprint density at radius 3 is 2.21 bits per heavy atom. The van der Waals surface area contributed by atoms with Gasteiger partial charge in [-0.25, -0.2) is 0 Å². The molecule has 0 saturated carbocycles. The molecule has 24 heavy (non-hydrogen) atoms. The molecule has 0 aromatic heterocycles. The number of nitrogens with zero attached hydrogens (tertiary/aromatic N) is 4. The third-order valence-corrected chi connectivity index (χ3v) is 2.94. The van der Waals surface area contributed by atoms with Crippen molar-refractivity contribution < 1.29 is 13.2 Å². The highest BCUT2D eigenvalue weighted by atomic mass is 35.5. The van der Waals surface area contributed by atoms with E-state index >= 15 is 0 Å². The molecule has 0 aliphatic rings. The van der Waals surface area contributed by atoms with Gasteiger partial charge in [-0.2, -0.15) is 18.4 Å². The van der Waals surface area contributed by atoms with Crippen molar-refractivity contribution in [1.29, 1.82) is 5.26 Å². The molecule has 0 radical (unpaired) electrons. The number of hydrogen-bond acceptors (Lipinski definition) is 4. The summed E-state index contributed by atoms with van der Waals surface area (Å²) in [6.45, 7) is 0. The topological polar surface area (TPSA) is 72.9 Å². The van der Waals surface area contributed by atoms with Crippen molar-refractivity contribution in [3.8, 4) is 6.07 Å². The minimum absolute atomic E-state index is 0.275. The Hall–Kier alpha value is -2.92. The fourth-order valence-corrected chi connectivity index (χ4v) is 1.66. The molecule has 0 bridgehead atoms. The molecule has 9 heteroatoms. The van der Waals surface area contributed by atoms with Crippen LogP contribution in [0, 0.1) is 11.3 Å². The zero-order valence-electron chi connectivity index (χ0n) is 11.9. The Bertz CT molecular complexity index is 790. The zero-order chi connectivity index (χ0) is 17.6. The SMILES string of the molecule is N#CC(N=Nc1ccc(Cl)cc1)=NNc1ccc(C(F)(F)F)cc1. The fraction of sp³-hybridized carbons (Fsp3) is 0.0667. The number of nitrogens with one attached hydrogen (secondary N) is 1. The number of halogens is 4. The van der Waals surface area contributed by atoms with E-state index < -0.39 is 11.7 Å². The summed E-state index contributed by atoms with van der Waals surface area (Å²) in [6.07, 6.45) is -4.41. The summed E-state index contributed by atoms with van der Waals surface area (Å²) in [4.78, 5) is 0. The predicted octanol–water partition coefficient (Wildman–Crippen LogP) is 5.39. The molecular weight excluding hydrogens is 343 g/mol. The molecule has 0 atom stereocenters. The van der Waals surface area contributed by atoms with Gasteiger partial charge in [-0.15, -0.1) is 15.3 Å². The summed E-state index contributed by atoms with van der Waals surface area (Å²) >= 11 is 5.73. The quantitative estimate of drug-likeness (QED) is 0.348. The van der Waals surface area contributed by atoms with Crippen molar-refractivity contribution in [1.82, 2.24) is 0 Å². The lowest BCUT2D eigenvalue weighted by molar-refractivity contribution is -0.137. The van der Waals surface area contributed by atoms with Crippen LogP contribution >= 0.6 is 11.6 Å². The van der Waals surface area contributed by atoms with Gasteiger partial charge in [-0.05, 0) is 48.5 Å². The largest absolute Gasteiger partial charge is 0.416 e. The maximum absolute atomic E-state index is 12.4. The smallest absolute Gasteiger partial charge is 0.276 e. The van der Waals surface area contributed by atoms with Gasteiger partial charge in [0.05, 0.1) is 16.9 Å². The van der Waals surface area contributed by atoms with E-state index in [2.05, 4.69) is 20.8 Å². The number of alkyl halides is 3. The van der Waals surface area contributed by atoms with Crippen LogP contribution in [0.3, 0.4) is 0 Å². The number of benzene rings is 2. The third kappa shape index (κ3) is 5.07. The Labute approximate surface area is 140 Å². The average Bonchev–Trinajstić information content (AvgIpc) is 2.56. The van der Waals surface area contributed by atoms with Crippen LogP contribution in [-0.2, 0) is 6.18 Å². The van der Waals surface area contributed by atoms with E-state index in [1.165, 1.54) is 12.1 Å². The zero-order valence-corrected chi connectivity index (χ0v) is 12.7. The summed E-state index contributed by atoms with van der Waals surface area (Å²) in [5, 5.41) is 20.6. The molecule has 0 fully saturated rings. The summed E-state index contributed by atoms with van der Waals surface area (Å²) in [5.74, 6) is -0.287. The highest BCUT2D eigenvalue weighted by molar-refractivity contribution is 6.30. The molecule has 0 saturated heterocycles. The van der Waals surface area contributed by atoms with Gasteiger partial charge in [0, 0.05) is 5.02 Å². The molecule has 1 N–H and O–H groups in total. The van der Waals surface area contributed by atoms with E-state index in [9.17, 15) is 13.2 Å². The Morgan fingerprint density at radius 1 is 1.04 bits per heavy atom.